The third-order valence-electron chi connectivity index (χ3n) is 11.5. The second kappa shape index (κ2) is 11.2. The van der Waals surface area contributed by atoms with Crippen LogP contribution in [-0.4, -0.2) is 13.7 Å². The molecule has 0 aliphatic heterocycles. The Morgan fingerprint density at radius 3 is 1.46 bits per heavy atom. The van der Waals surface area contributed by atoms with Crippen LogP contribution in [0.5, 0.6) is 0 Å². The number of nitriles is 2. The Hall–Kier alpha value is -8.06. The summed E-state index contributed by atoms with van der Waals surface area (Å²) in [6, 6.07) is 61.1. The summed E-state index contributed by atoms with van der Waals surface area (Å²) in [6.07, 6.45) is 0. The highest BCUT2D eigenvalue weighted by Crippen LogP contribution is 2.42. The number of para-hydroxylation sites is 5. The van der Waals surface area contributed by atoms with Gasteiger partial charge in [0.1, 0.15) is 23.3 Å². The lowest BCUT2D eigenvalue weighted by molar-refractivity contribution is 0.673. The van der Waals surface area contributed by atoms with Crippen LogP contribution in [0.1, 0.15) is 11.1 Å². The number of rotatable bonds is 3. The van der Waals surface area contributed by atoms with Gasteiger partial charge in [-0.2, -0.15) is 10.5 Å². The van der Waals surface area contributed by atoms with E-state index in [1.54, 1.807) is 0 Å². The van der Waals surface area contributed by atoms with Gasteiger partial charge in [0.2, 0.25) is 0 Å². The molecule has 8 aromatic carbocycles. The van der Waals surface area contributed by atoms with Crippen LogP contribution in [0.3, 0.4) is 0 Å². The van der Waals surface area contributed by atoms with Crippen LogP contribution in [-0.2, 0) is 0 Å². The molecule has 0 atom stereocenters. The predicted octanol–water partition coefficient (Wildman–Crippen LogP) is 12.6. The highest BCUT2D eigenvalue weighted by Gasteiger charge is 2.23. The Morgan fingerprint density at radius 1 is 0.375 bits per heavy atom. The van der Waals surface area contributed by atoms with Crippen molar-refractivity contribution in [2.24, 2.45) is 0 Å². The van der Waals surface area contributed by atoms with Gasteiger partial charge in [-0.25, -0.2) is 0 Å². The van der Waals surface area contributed by atoms with Crippen molar-refractivity contribution in [3.05, 3.63) is 175 Å². The van der Waals surface area contributed by atoms with Crippen molar-refractivity contribution in [2.75, 3.05) is 0 Å². The first kappa shape index (κ1) is 30.4. The largest absolute Gasteiger partial charge is 0.455 e. The number of fused-ring (bicyclic) bond motifs is 13. The van der Waals surface area contributed by atoms with Gasteiger partial charge in [0.05, 0.1) is 61.0 Å². The molecule has 258 valence electrons. The maximum Gasteiger partial charge on any atom is 0.145 e. The van der Waals surface area contributed by atoms with Crippen molar-refractivity contribution in [2.45, 2.75) is 0 Å². The molecule has 0 amide bonds. The second-order valence-corrected chi connectivity index (χ2v) is 14.3. The van der Waals surface area contributed by atoms with Crippen LogP contribution >= 0.6 is 0 Å². The molecular formula is C50H27N5O. The third-order valence-corrected chi connectivity index (χ3v) is 11.5. The average molecular weight is 714 g/mol. The minimum atomic E-state index is 0.458. The number of nitrogens with zero attached hydrogens (tertiary/aromatic N) is 5. The van der Waals surface area contributed by atoms with E-state index in [2.05, 4.69) is 141 Å². The van der Waals surface area contributed by atoms with E-state index in [1.807, 2.05) is 48.5 Å². The smallest absolute Gasteiger partial charge is 0.145 e. The maximum atomic E-state index is 10.9. The fourth-order valence-electron chi connectivity index (χ4n) is 9.18. The first-order valence-corrected chi connectivity index (χ1v) is 18.6. The lowest BCUT2D eigenvalue weighted by Crippen LogP contribution is -2.04. The van der Waals surface area contributed by atoms with Crippen LogP contribution in [0.2, 0.25) is 0 Å². The van der Waals surface area contributed by atoms with Crippen LogP contribution in [0.4, 0.5) is 0 Å². The molecule has 4 heterocycles. The first-order valence-electron chi connectivity index (χ1n) is 18.6. The Morgan fingerprint density at radius 2 is 0.839 bits per heavy atom. The van der Waals surface area contributed by atoms with Gasteiger partial charge in [0, 0.05) is 43.4 Å². The molecule has 0 fully saturated rings. The van der Waals surface area contributed by atoms with Gasteiger partial charge in [-0.1, -0.05) is 91.0 Å². The predicted molar refractivity (Wildman–Crippen MR) is 226 cm³/mol. The van der Waals surface area contributed by atoms with Gasteiger partial charge >= 0.3 is 0 Å². The van der Waals surface area contributed by atoms with Crippen molar-refractivity contribution < 1.29 is 4.42 Å². The number of furan rings is 1. The summed E-state index contributed by atoms with van der Waals surface area (Å²) in [4.78, 5) is 0. The molecule has 0 aliphatic carbocycles. The molecule has 0 saturated heterocycles. The summed E-state index contributed by atoms with van der Waals surface area (Å²) in [5.74, 6) is 0. The molecule has 0 spiro atoms. The Kier molecular flexibility index (Phi) is 6.10. The summed E-state index contributed by atoms with van der Waals surface area (Å²) < 4.78 is 13.1. The average Bonchev–Trinajstić information content (AvgIpc) is 3.99. The van der Waals surface area contributed by atoms with Gasteiger partial charge in [0.15, 0.2) is 0 Å². The first-order chi connectivity index (χ1) is 27.7. The molecule has 0 saturated carbocycles. The molecule has 0 N–H and O–H groups in total. The van der Waals surface area contributed by atoms with Gasteiger partial charge in [-0.05, 0) is 72.8 Å². The van der Waals surface area contributed by atoms with Crippen LogP contribution in [0.25, 0.3) is 104 Å². The zero-order valence-electron chi connectivity index (χ0n) is 29.7. The highest BCUT2D eigenvalue weighted by molar-refractivity contribution is 6.24. The van der Waals surface area contributed by atoms with Gasteiger partial charge in [-0.3, -0.25) is 0 Å². The van der Waals surface area contributed by atoms with E-state index in [0.717, 1.165) is 82.3 Å². The zero-order chi connectivity index (χ0) is 37.1. The Labute approximate surface area is 319 Å². The van der Waals surface area contributed by atoms with E-state index in [0.29, 0.717) is 22.5 Å². The van der Waals surface area contributed by atoms with E-state index >= 15 is 0 Å². The summed E-state index contributed by atoms with van der Waals surface area (Å²) in [5.41, 5.74) is 10.9. The van der Waals surface area contributed by atoms with Crippen molar-refractivity contribution >= 4 is 87.4 Å². The van der Waals surface area contributed by atoms with E-state index in [-0.39, 0.29) is 0 Å². The fraction of sp³-hybridized carbons (Fsp3) is 0. The summed E-state index contributed by atoms with van der Waals surface area (Å²) in [6.45, 7) is 0. The van der Waals surface area contributed by atoms with Crippen LogP contribution in [0, 0.1) is 22.7 Å². The molecule has 0 bridgehead atoms. The topological polar surface area (TPSA) is 75.5 Å². The number of hydrogen-bond donors (Lipinski definition) is 0. The van der Waals surface area contributed by atoms with Crippen molar-refractivity contribution in [1.82, 2.24) is 13.7 Å². The lowest BCUT2D eigenvalue weighted by atomic mass is 10.1. The van der Waals surface area contributed by atoms with E-state index in [4.69, 9.17) is 4.42 Å². The van der Waals surface area contributed by atoms with Gasteiger partial charge < -0.3 is 18.1 Å². The second-order valence-electron chi connectivity index (χ2n) is 14.3. The maximum absolute atomic E-state index is 10.9. The van der Waals surface area contributed by atoms with Crippen LogP contribution in [0.15, 0.2) is 168 Å². The summed E-state index contributed by atoms with van der Waals surface area (Å²) in [5, 5.41) is 30.4. The fourth-order valence-corrected chi connectivity index (χ4v) is 9.18. The monoisotopic (exact) mass is 713 g/mol. The molecule has 0 aliphatic rings. The molecule has 0 unspecified atom stereocenters. The Balaban J connectivity index is 1.11. The van der Waals surface area contributed by atoms with Crippen molar-refractivity contribution in [3.63, 3.8) is 0 Å². The quantitative estimate of drug-likeness (QED) is 0.183. The van der Waals surface area contributed by atoms with E-state index < -0.39 is 0 Å². The minimum absolute atomic E-state index is 0.458. The normalized spacial score (nSPS) is 11.9. The SMILES string of the molecule is N#Cc1cc(-n2c3ccccc3c3c4oc5ccccc5c4ccc32)c(C#N)cc1-n1c2ccccc2c2cc(-n3c4ccccc4c4ccccc43)ccc21. The third kappa shape index (κ3) is 3.97. The number of hydrogen-bond acceptors (Lipinski definition) is 3. The highest BCUT2D eigenvalue weighted by atomic mass is 16.3. The van der Waals surface area contributed by atoms with Crippen molar-refractivity contribution in [1.29, 1.82) is 10.5 Å². The van der Waals surface area contributed by atoms with Crippen molar-refractivity contribution in [3.8, 4) is 29.2 Å². The molecular weight excluding hydrogens is 687 g/mol. The van der Waals surface area contributed by atoms with E-state index in [9.17, 15) is 10.5 Å². The number of benzene rings is 8. The van der Waals surface area contributed by atoms with Crippen LogP contribution < -0.4 is 0 Å². The van der Waals surface area contributed by atoms with Gasteiger partial charge in [-0.15, -0.1) is 0 Å². The number of aromatic nitrogens is 3. The molecule has 6 heteroatoms. The molecule has 0 radical (unpaired) electrons. The zero-order valence-corrected chi connectivity index (χ0v) is 29.7. The lowest BCUT2D eigenvalue weighted by Gasteiger charge is -2.15. The minimum Gasteiger partial charge on any atom is -0.455 e. The molecule has 12 rings (SSSR count). The Bertz CT molecular complexity index is 3690. The molecule has 6 nitrogen and oxygen atoms in total. The summed E-state index contributed by atoms with van der Waals surface area (Å²) >= 11 is 0. The van der Waals surface area contributed by atoms with Gasteiger partial charge in [0.25, 0.3) is 0 Å². The summed E-state index contributed by atoms with van der Waals surface area (Å²) in [7, 11) is 0. The molecule has 4 aromatic heterocycles. The molecule has 12 aromatic rings. The molecule has 56 heavy (non-hydrogen) atoms. The van der Waals surface area contributed by atoms with E-state index in [1.165, 1.54) is 10.8 Å². The standard InChI is InChI=1S/C50H27N5O/c51-28-30-26-47(55-43-19-9-4-15-38(43)49-45(55)24-22-37-36-14-5-10-20-48(36)56-50(37)49)31(29-52)25-46(30)54-42-18-8-3-13-35(42)39-27-32(21-23-44(39)54)53-40-16-6-1-11-33(40)34-12-2-7-17-41(34)53/h1-27H.